The van der Waals surface area contributed by atoms with Gasteiger partial charge in [0, 0.05) is 24.2 Å². The van der Waals surface area contributed by atoms with Crippen molar-refractivity contribution >= 4 is 17.5 Å². The van der Waals surface area contributed by atoms with Crippen LogP contribution in [0, 0.1) is 11.3 Å². The van der Waals surface area contributed by atoms with E-state index in [9.17, 15) is 5.26 Å². The molecule has 4 rings (SSSR count). The summed E-state index contributed by atoms with van der Waals surface area (Å²) in [5.74, 6) is 1.82. The van der Waals surface area contributed by atoms with Gasteiger partial charge in [-0.1, -0.05) is 24.3 Å². The third-order valence-electron chi connectivity index (χ3n) is 5.45. The number of hydrogen-bond donors (Lipinski definition) is 1. The monoisotopic (exact) mass is 412 g/mol. The van der Waals surface area contributed by atoms with Crippen molar-refractivity contribution in [3.8, 4) is 28.7 Å². The predicted molar refractivity (Wildman–Crippen MR) is 123 cm³/mol. The van der Waals surface area contributed by atoms with Crippen molar-refractivity contribution in [2.24, 2.45) is 0 Å². The zero-order valence-corrected chi connectivity index (χ0v) is 17.8. The van der Waals surface area contributed by atoms with E-state index in [1.165, 1.54) is 0 Å². The number of ether oxygens (including phenoxy) is 2. The lowest BCUT2D eigenvalue weighted by molar-refractivity contribution is 0.358. The van der Waals surface area contributed by atoms with Gasteiger partial charge in [-0.05, 0) is 54.1 Å². The third kappa shape index (κ3) is 3.96. The maximum absolute atomic E-state index is 9.84. The quantitative estimate of drug-likeness (QED) is 0.691. The number of nitrogens with zero attached hydrogens (tertiary/aromatic N) is 3. The van der Waals surface area contributed by atoms with E-state index < -0.39 is 0 Å². The molecule has 6 heteroatoms. The van der Waals surface area contributed by atoms with Crippen LogP contribution >= 0.6 is 0 Å². The second-order valence-corrected chi connectivity index (χ2v) is 7.53. The highest BCUT2D eigenvalue weighted by molar-refractivity contribution is 5.89. The summed E-state index contributed by atoms with van der Waals surface area (Å²) in [5.41, 5.74) is 12.4. The van der Waals surface area contributed by atoms with Gasteiger partial charge in [0.05, 0.1) is 19.9 Å². The molecule has 3 aromatic rings. The van der Waals surface area contributed by atoms with Crippen LogP contribution in [0.25, 0.3) is 22.8 Å². The zero-order valence-electron chi connectivity index (χ0n) is 17.8. The van der Waals surface area contributed by atoms with Crippen LogP contribution in [-0.2, 0) is 6.54 Å². The number of methoxy groups -OCH3 is 2. The number of nitrogens with two attached hydrogens (primary N) is 1. The van der Waals surface area contributed by atoms with Crippen LogP contribution in [0.1, 0.15) is 22.4 Å². The fourth-order valence-electron chi connectivity index (χ4n) is 3.96. The smallest absolute Gasteiger partial charge is 0.142 e. The minimum atomic E-state index is 0.247. The summed E-state index contributed by atoms with van der Waals surface area (Å²) in [6, 6.07) is 17.8. The first-order valence-corrected chi connectivity index (χ1v) is 9.94. The minimum Gasteiger partial charge on any atom is -0.497 e. The number of rotatable bonds is 4. The van der Waals surface area contributed by atoms with E-state index in [1.54, 1.807) is 14.2 Å². The van der Waals surface area contributed by atoms with Crippen molar-refractivity contribution < 1.29 is 9.47 Å². The van der Waals surface area contributed by atoms with Crippen LogP contribution in [0.5, 0.6) is 11.5 Å². The Labute approximate surface area is 182 Å². The van der Waals surface area contributed by atoms with E-state index in [4.69, 9.17) is 15.2 Å². The van der Waals surface area contributed by atoms with Crippen molar-refractivity contribution in [3.63, 3.8) is 0 Å². The molecule has 0 saturated carbocycles. The van der Waals surface area contributed by atoms with Gasteiger partial charge < -0.3 is 15.2 Å². The Morgan fingerprint density at radius 1 is 1.00 bits per heavy atom. The van der Waals surface area contributed by atoms with Crippen LogP contribution < -0.4 is 15.2 Å². The first-order valence-electron chi connectivity index (χ1n) is 9.94. The van der Waals surface area contributed by atoms with Crippen molar-refractivity contribution in [1.29, 1.82) is 5.26 Å². The van der Waals surface area contributed by atoms with Crippen LogP contribution in [0.2, 0.25) is 0 Å². The lowest BCUT2D eigenvalue weighted by Crippen LogP contribution is -2.28. The molecule has 0 saturated heterocycles. The highest BCUT2D eigenvalue weighted by Crippen LogP contribution is 2.39. The summed E-state index contributed by atoms with van der Waals surface area (Å²) in [4.78, 5) is 6.87. The summed E-state index contributed by atoms with van der Waals surface area (Å²) < 4.78 is 10.5. The third-order valence-corrected chi connectivity index (χ3v) is 5.45. The molecule has 2 heterocycles. The lowest BCUT2D eigenvalue weighted by Gasteiger charge is -2.29. The molecule has 31 heavy (non-hydrogen) atoms. The highest BCUT2D eigenvalue weighted by Gasteiger charge is 2.27. The van der Waals surface area contributed by atoms with Gasteiger partial charge >= 0.3 is 0 Å². The standard InChI is InChI=1S/C25H24N4O2/c1-29-14-18(12-16-4-8-19(30-2)9-5-16)24-22(15-29)23(21(13-26)25(27)28-24)17-6-10-20(31-3)11-7-17/h4-12H,14-15H2,1-3H3,(H2,27,28)/b18-12+. The Hall–Kier alpha value is -3.82. The van der Waals surface area contributed by atoms with Gasteiger partial charge in [0.1, 0.15) is 28.9 Å². The molecule has 0 aliphatic carbocycles. The Balaban J connectivity index is 1.90. The molecule has 0 atom stereocenters. The average Bonchev–Trinajstić information content (AvgIpc) is 2.79. The van der Waals surface area contributed by atoms with Gasteiger partial charge in [0.25, 0.3) is 0 Å². The molecular formula is C25H24N4O2. The Kier molecular flexibility index (Phi) is 5.61. The van der Waals surface area contributed by atoms with Gasteiger partial charge in [-0.25, -0.2) is 4.98 Å². The molecule has 0 bridgehead atoms. The second-order valence-electron chi connectivity index (χ2n) is 7.53. The van der Waals surface area contributed by atoms with E-state index in [0.29, 0.717) is 12.1 Å². The maximum atomic E-state index is 9.84. The van der Waals surface area contributed by atoms with Gasteiger partial charge in [-0.15, -0.1) is 0 Å². The van der Waals surface area contributed by atoms with Crippen molar-refractivity contribution in [2.45, 2.75) is 6.54 Å². The molecule has 0 spiro atoms. The fourth-order valence-corrected chi connectivity index (χ4v) is 3.96. The topological polar surface area (TPSA) is 84.4 Å². The first kappa shape index (κ1) is 20.5. The van der Waals surface area contributed by atoms with Crippen LogP contribution in [0.15, 0.2) is 48.5 Å². The number of pyridine rings is 1. The number of anilines is 1. The molecule has 0 unspecified atom stereocenters. The summed E-state index contributed by atoms with van der Waals surface area (Å²) >= 11 is 0. The SMILES string of the molecule is COc1ccc(/C=C2\CN(C)Cc3c2nc(N)c(C#N)c3-c2ccc(OC)cc2)cc1. The molecule has 2 N–H and O–H groups in total. The number of hydrogen-bond acceptors (Lipinski definition) is 6. The van der Waals surface area contributed by atoms with E-state index in [1.807, 2.05) is 48.5 Å². The van der Waals surface area contributed by atoms with E-state index in [0.717, 1.165) is 51.6 Å². The molecular weight excluding hydrogens is 388 g/mol. The van der Waals surface area contributed by atoms with Crippen molar-refractivity contribution in [3.05, 3.63) is 70.9 Å². The lowest BCUT2D eigenvalue weighted by atomic mass is 9.89. The summed E-state index contributed by atoms with van der Waals surface area (Å²) in [7, 11) is 5.35. The van der Waals surface area contributed by atoms with E-state index in [2.05, 4.69) is 29.1 Å². The zero-order chi connectivity index (χ0) is 22.0. The maximum Gasteiger partial charge on any atom is 0.142 e. The van der Waals surface area contributed by atoms with E-state index in [-0.39, 0.29) is 5.82 Å². The molecule has 1 aliphatic rings. The van der Waals surface area contributed by atoms with Gasteiger partial charge in [0.15, 0.2) is 0 Å². The molecule has 0 radical (unpaired) electrons. The molecule has 156 valence electrons. The normalized spacial score (nSPS) is 14.7. The molecule has 2 aromatic carbocycles. The summed E-state index contributed by atoms with van der Waals surface area (Å²) in [5, 5.41) is 9.84. The summed E-state index contributed by atoms with van der Waals surface area (Å²) in [6.45, 7) is 1.41. The fraction of sp³-hybridized carbons (Fsp3) is 0.200. The second kappa shape index (κ2) is 8.50. The highest BCUT2D eigenvalue weighted by atomic mass is 16.5. The largest absolute Gasteiger partial charge is 0.497 e. The first-order chi connectivity index (χ1) is 15.0. The number of likely N-dealkylation sites (N-methyl/N-ethyl adjacent to an activating group) is 1. The number of fused-ring (bicyclic) bond motifs is 1. The Bertz CT molecular complexity index is 1180. The van der Waals surface area contributed by atoms with Crippen molar-refractivity contribution in [2.75, 3.05) is 33.5 Å². The molecule has 0 fully saturated rings. The minimum absolute atomic E-state index is 0.247. The van der Waals surface area contributed by atoms with E-state index >= 15 is 0 Å². The molecule has 1 aromatic heterocycles. The molecule has 6 nitrogen and oxygen atoms in total. The van der Waals surface area contributed by atoms with Gasteiger partial charge in [-0.2, -0.15) is 5.26 Å². The average molecular weight is 412 g/mol. The van der Waals surface area contributed by atoms with Crippen LogP contribution in [-0.4, -0.2) is 37.7 Å². The number of nitrogen functional groups attached to an aromatic ring is 1. The predicted octanol–water partition coefficient (Wildman–Crippen LogP) is 4.21. The van der Waals surface area contributed by atoms with Gasteiger partial charge in [-0.3, -0.25) is 4.90 Å². The van der Waals surface area contributed by atoms with Crippen LogP contribution in [0.3, 0.4) is 0 Å². The number of nitriles is 1. The van der Waals surface area contributed by atoms with Crippen molar-refractivity contribution in [1.82, 2.24) is 9.88 Å². The van der Waals surface area contributed by atoms with Crippen LogP contribution in [0.4, 0.5) is 5.82 Å². The number of aromatic nitrogens is 1. The molecule has 0 amide bonds. The Morgan fingerprint density at radius 2 is 1.61 bits per heavy atom. The Morgan fingerprint density at radius 3 is 2.19 bits per heavy atom. The molecule has 1 aliphatic heterocycles. The summed E-state index contributed by atoms with van der Waals surface area (Å²) in [6.07, 6.45) is 2.12. The van der Waals surface area contributed by atoms with Gasteiger partial charge in [0.2, 0.25) is 0 Å². The number of benzene rings is 2.